The summed E-state index contributed by atoms with van der Waals surface area (Å²) in [5.41, 5.74) is -0.362. The number of rotatable bonds is 9. The van der Waals surface area contributed by atoms with Crippen LogP contribution in [0.5, 0.6) is 0 Å². The van der Waals surface area contributed by atoms with Crippen molar-refractivity contribution in [2.24, 2.45) is 5.92 Å². The fraction of sp³-hybridized carbons (Fsp3) is 0.412. The molecule has 0 saturated carbocycles. The predicted molar refractivity (Wildman–Crippen MR) is 86.6 cm³/mol. The molecule has 1 amide bonds. The Hall–Kier alpha value is -3.04. The summed E-state index contributed by atoms with van der Waals surface area (Å²) in [5, 5.41) is 11.4. The summed E-state index contributed by atoms with van der Waals surface area (Å²) in [6.45, 7) is 2.93. The topological polar surface area (TPSA) is 119 Å². The van der Waals surface area contributed by atoms with Crippen molar-refractivity contribution in [3.8, 4) is 0 Å². The first-order valence-electron chi connectivity index (χ1n) is 8.02. The highest BCUT2D eigenvalue weighted by molar-refractivity contribution is 5.98. The zero-order chi connectivity index (χ0) is 20.6. The Balaban J connectivity index is 3.09. The zero-order valence-electron chi connectivity index (χ0n) is 14.7. The lowest BCUT2D eigenvalue weighted by molar-refractivity contribution is -0.159. The van der Waals surface area contributed by atoms with Crippen LogP contribution in [0.15, 0.2) is 18.2 Å². The number of ether oxygens (including phenoxy) is 2. The molecule has 1 aromatic carbocycles. The summed E-state index contributed by atoms with van der Waals surface area (Å²) in [5.74, 6) is -8.63. The van der Waals surface area contributed by atoms with Crippen LogP contribution in [0.4, 0.5) is 8.78 Å². The first kappa shape index (κ1) is 22.0. The summed E-state index contributed by atoms with van der Waals surface area (Å²) < 4.78 is 35.7. The molecule has 8 nitrogen and oxygen atoms in total. The van der Waals surface area contributed by atoms with Gasteiger partial charge in [-0.05, 0) is 32.0 Å². The molecule has 0 spiro atoms. The van der Waals surface area contributed by atoms with Gasteiger partial charge in [0.2, 0.25) is 0 Å². The highest BCUT2D eigenvalue weighted by Crippen LogP contribution is 2.16. The van der Waals surface area contributed by atoms with Gasteiger partial charge in [0.05, 0.1) is 25.6 Å². The molecule has 1 aromatic rings. The lowest BCUT2D eigenvalue weighted by Crippen LogP contribution is -2.49. The van der Waals surface area contributed by atoms with Crippen molar-refractivity contribution < 1.29 is 42.5 Å². The molecular formula is C17H19F2NO7. The van der Waals surface area contributed by atoms with Crippen molar-refractivity contribution in [1.29, 1.82) is 0 Å². The minimum absolute atomic E-state index is 0.00727. The monoisotopic (exact) mass is 387 g/mol. The van der Waals surface area contributed by atoms with Crippen molar-refractivity contribution in [2.75, 3.05) is 13.2 Å². The quantitative estimate of drug-likeness (QED) is 0.613. The largest absolute Gasteiger partial charge is 0.480 e. The summed E-state index contributed by atoms with van der Waals surface area (Å²) in [4.78, 5) is 47.5. The molecule has 0 radical (unpaired) electrons. The van der Waals surface area contributed by atoms with Gasteiger partial charge >= 0.3 is 17.9 Å². The minimum Gasteiger partial charge on any atom is -0.480 e. The molecule has 2 atom stereocenters. The second kappa shape index (κ2) is 10.2. The van der Waals surface area contributed by atoms with Crippen LogP contribution in [0, 0.1) is 17.6 Å². The van der Waals surface area contributed by atoms with E-state index in [-0.39, 0.29) is 18.8 Å². The summed E-state index contributed by atoms with van der Waals surface area (Å²) >= 11 is 0. The van der Waals surface area contributed by atoms with Gasteiger partial charge in [0.1, 0.15) is 6.04 Å². The molecule has 0 aliphatic rings. The fourth-order valence-electron chi connectivity index (χ4n) is 2.18. The van der Waals surface area contributed by atoms with Crippen molar-refractivity contribution in [2.45, 2.75) is 26.3 Å². The van der Waals surface area contributed by atoms with Gasteiger partial charge in [0, 0.05) is 5.56 Å². The van der Waals surface area contributed by atoms with E-state index in [0.29, 0.717) is 12.1 Å². The number of aliphatic carboxylic acids is 1. The Morgan fingerprint density at radius 2 is 1.70 bits per heavy atom. The van der Waals surface area contributed by atoms with E-state index in [2.05, 4.69) is 0 Å². The van der Waals surface area contributed by atoms with E-state index in [1.54, 1.807) is 0 Å². The number of nitrogens with one attached hydrogen (secondary N) is 1. The first-order valence-corrected chi connectivity index (χ1v) is 8.02. The average Bonchev–Trinajstić information content (AvgIpc) is 2.60. The average molecular weight is 387 g/mol. The summed E-state index contributed by atoms with van der Waals surface area (Å²) in [6.07, 6.45) is -0.651. The molecule has 2 N–H and O–H groups in total. The number of carbonyl (C=O) groups is 4. The Morgan fingerprint density at radius 3 is 2.22 bits per heavy atom. The molecule has 1 rings (SSSR count). The maximum absolute atomic E-state index is 13.3. The van der Waals surface area contributed by atoms with Gasteiger partial charge < -0.3 is 19.9 Å². The van der Waals surface area contributed by atoms with Crippen LogP contribution in [0.1, 0.15) is 30.6 Å². The summed E-state index contributed by atoms with van der Waals surface area (Å²) in [6, 6.07) is 0.363. The standard InChI is InChI=1S/C17H19F2NO7/c1-3-26-13(21)8-10(17(25)27-4-2)14(16(23)24)20-15(22)9-5-6-11(18)12(19)7-9/h5-7,10,14H,3-4,8H2,1-2H3,(H,20,22)(H,23,24)/t10-,14-/m1/s1. The van der Waals surface area contributed by atoms with Crippen LogP contribution in [-0.2, 0) is 23.9 Å². The van der Waals surface area contributed by atoms with Crippen LogP contribution in [-0.4, -0.2) is 48.2 Å². The van der Waals surface area contributed by atoms with Crippen molar-refractivity contribution in [3.63, 3.8) is 0 Å². The number of carboxylic acids is 1. The molecule has 0 aliphatic heterocycles. The second-order valence-corrected chi connectivity index (χ2v) is 5.29. The molecule has 0 fully saturated rings. The van der Waals surface area contributed by atoms with Crippen LogP contribution in [0.3, 0.4) is 0 Å². The Morgan fingerprint density at radius 1 is 1.07 bits per heavy atom. The number of carbonyl (C=O) groups excluding carboxylic acids is 3. The van der Waals surface area contributed by atoms with E-state index < -0.39 is 53.8 Å². The smallest absolute Gasteiger partial charge is 0.327 e. The van der Waals surface area contributed by atoms with Crippen molar-refractivity contribution in [1.82, 2.24) is 5.32 Å². The van der Waals surface area contributed by atoms with E-state index in [0.717, 1.165) is 6.07 Å². The van der Waals surface area contributed by atoms with E-state index in [4.69, 9.17) is 9.47 Å². The van der Waals surface area contributed by atoms with Crippen LogP contribution < -0.4 is 5.32 Å². The molecule has 0 aromatic heterocycles. The number of benzene rings is 1. The van der Waals surface area contributed by atoms with E-state index in [1.807, 2.05) is 5.32 Å². The maximum atomic E-state index is 13.3. The minimum atomic E-state index is -1.85. The molecule has 0 aliphatic carbocycles. The molecule has 0 heterocycles. The highest BCUT2D eigenvalue weighted by Gasteiger charge is 2.38. The van der Waals surface area contributed by atoms with E-state index >= 15 is 0 Å². The van der Waals surface area contributed by atoms with Gasteiger partial charge in [-0.1, -0.05) is 0 Å². The molecule has 0 bridgehead atoms. The summed E-state index contributed by atoms with van der Waals surface area (Å²) in [7, 11) is 0. The Kier molecular flexibility index (Phi) is 8.31. The molecule has 0 saturated heterocycles. The normalized spacial score (nSPS) is 12.6. The van der Waals surface area contributed by atoms with Gasteiger partial charge in [0.15, 0.2) is 11.6 Å². The second-order valence-electron chi connectivity index (χ2n) is 5.29. The Labute approximate surface area is 153 Å². The van der Waals surface area contributed by atoms with Crippen LogP contribution in [0.2, 0.25) is 0 Å². The molecule has 0 unspecified atom stereocenters. The highest BCUT2D eigenvalue weighted by atomic mass is 19.2. The van der Waals surface area contributed by atoms with E-state index in [1.165, 1.54) is 13.8 Å². The Bertz CT molecular complexity index is 723. The molecule has 27 heavy (non-hydrogen) atoms. The van der Waals surface area contributed by atoms with Gasteiger partial charge in [-0.15, -0.1) is 0 Å². The van der Waals surface area contributed by atoms with Crippen LogP contribution in [0.25, 0.3) is 0 Å². The third kappa shape index (κ3) is 6.32. The van der Waals surface area contributed by atoms with Crippen LogP contribution >= 0.6 is 0 Å². The fourth-order valence-corrected chi connectivity index (χ4v) is 2.18. The van der Waals surface area contributed by atoms with E-state index in [9.17, 15) is 33.1 Å². The predicted octanol–water partition coefficient (Wildman–Crippen LogP) is 1.28. The molecule has 10 heteroatoms. The maximum Gasteiger partial charge on any atom is 0.327 e. The number of esters is 2. The zero-order valence-corrected chi connectivity index (χ0v) is 14.7. The van der Waals surface area contributed by atoms with Gasteiger partial charge in [-0.3, -0.25) is 14.4 Å². The first-order chi connectivity index (χ1) is 12.7. The molecular weight excluding hydrogens is 368 g/mol. The SMILES string of the molecule is CCOC(=O)C[C@@H](C(=O)OCC)[C@@H](NC(=O)c1ccc(F)c(F)c1)C(=O)O. The number of hydrogen-bond donors (Lipinski definition) is 2. The lowest BCUT2D eigenvalue weighted by atomic mass is 9.95. The van der Waals surface area contributed by atoms with Gasteiger partial charge in [0.25, 0.3) is 5.91 Å². The number of amides is 1. The third-order valence-electron chi connectivity index (χ3n) is 3.42. The third-order valence-corrected chi connectivity index (χ3v) is 3.42. The van der Waals surface area contributed by atoms with Crippen molar-refractivity contribution >= 4 is 23.8 Å². The number of hydrogen-bond acceptors (Lipinski definition) is 6. The van der Waals surface area contributed by atoms with Gasteiger partial charge in [-0.25, -0.2) is 13.6 Å². The molecule has 148 valence electrons. The number of halogens is 2. The number of carboxylic acid groups (broad SMARTS) is 1. The lowest BCUT2D eigenvalue weighted by Gasteiger charge is -2.22. The van der Waals surface area contributed by atoms with Gasteiger partial charge in [-0.2, -0.15) is 0 Å². The van der Waals surface area contributed by atoms with Crippen molar-refractivity contribution in [3.05, 3.63) is 35.4 Å².